The molecule has 0 bridgehead atoms. The van der Waals surface area contributed by atoms with Crippen LogP contribution in [0.4, 0.5) is 0 Å². The largest absolute Gasteiger partial charge is 0.462 e. The number of esters is 1. The second-order valence-corrected chi connectivity index (χ2v) is 9.89. The zero-order valence-corrected chi connectivity index (χ0v) is 16.2. The average Bonchev–Trinajstić information content (AvgIpc) is 2.34. The predicted octanol–water partition coefficient (Wildman–Crippen LogP) is 5.84. The van der Waals surface area contributed by atoms with E-state index in [0.717, 1.165) is 25.2 Å². The fraction of sp³-hybridized carbons (Fsp3) is 0.950. The van der Waals surface area contributed by atoms with Crippen molar-refractivity contribution >= 4 is 5.97 Å². The monoisotopic (exact) mass is 310 g/mol. The van der Waals surface area contributed by atoms with Crippen LogP contribution in [0.25, 0.3) is 0 Å². The van der Waals surface area contributed by atoms with Gasteiger partial charge in [0, 0.05) is 0 Å². The zero-order chi connectivity index (χ0) is 17.1. The van der Waals surface area contributed by atoms with Crippen molar-refractivity contribution in [1.82, 2.24) is 0 Å². The third-order valence-electron chi connectivity index (χ3n) is 5.12. The van der Waals surface area contributed by atoms with Crippen LogP contribution < -0.4 is 0 Å². The first-order chi connectivity index (χ1) is 9.90. The highest BCUT2D eigenvalue weighted by atomic mass is 16.5. The molecule has 1 atom stereocenters. The summed E-state index contributed by atoms with van der Waals surface area (Å²) < 4.78 is 5.88. The number of carbonyl (C=O) groups is 1. The summed E-state index contributed by atoms with van der Waals surface area (Å²) in [4.78, 5) is 12.6. The second kappa shape index (κ2) is 7.36. The Kier molecular flexibility index (Phi) is 6.53. The van der Waals surface area contributed by atoms with Gasteiger partial charge in [-0.25, -0.2) is 0 Å². The van der Waals surface area contributed by atoms with Gasteiger partial charge in [0.15, 0.2) is 0 Å². The Labute approximate surface area is 138 Å². The number of hydrogen-bond acceptors (Lipinski definition) is 2. The highest BCUT2D eigenvalue weighted by molar-refractivity contribution is 5.73. The quantitative estimate of drug-likeness (QED) is 0.609. The van der Waals surface area contributed by atoms with Crippen LogP contribution in [0.5, 0.6) is 0 Å². The lowest BCUT2D eigenvalue weighted by Gasteiger charge is -2.37. The summed E-state index contributed by atoms with van der Waals surface area (Å²) in [7, 11) is 0. The standard InChI is InChI=1S/C20H38O2/c1-14(2)17(13-19(3,4)5)18(21)22-16-11-9-15(10-12-16)20(6,7)8/h14-17H,9-13H2,1-8H3. The Morgan fingerprint density at radius 1 is 1.00 bits per heavy atom. The smallest absolute Gasteiger partial charge is 0.309 e. The Morgan fingerprint density at radius 3 is 1.86 bits per heavy atom. The first kappa shape index (κ1) is 19.5. The van der Waals surface area contributed by atoms with Gasteiger partial charge in [-0.3, -0.25) is 4.79 Å². The first-order valence-electron chi connectivity index (χ1n) is 9.10. The number of hydrogen-bond donors (Lipinski definition) is 0. The fourth-order valence-electron chi connectivity index (χ4n) is 3.55. The van der Waals surface area contributed by atoms with Crippen LogP contribution in [0.3, 0.4) is 0 Å². The third-order valence-corrected chi connectivity index (χ3v) is 5.12. The van der Waals surface area contributed by atoms with Gasteiger partial charge in [0.2, 0.25) is 0 Å². The van der Waals surface area contributed by atoms with Gasteiger partial charge >= 0.3 is 5.97 Å². The highest BCUT2D eigenvalue weighted by Crippen LogP contribution is 2.39. The molecule has 0 N–H and O–H groups in total. The molecule has 0 spiro atoms. The summed E-state index contributed by atoms with van der Waals surface area (Å²) >= 11 is 0. The van der Waals surface area contributed by atoms with Crippen LogP contribution in [0.15, 0.2) is 0 Å². The van der Waals surface area contributed by atoms with Crippen molar-refractivity contribution < 1.29 is 9.53 Å². The molecule has 0 radical (unpaired) electrons. The molecular weight excluding hydrogens is 272 g/mol. The van der Waals surface area contributed by atoms with Crippen LogP contribution in [0.2, 0.25) is 0 Å². The van der Waals surface area contributed by atoms with Gasteiger partial charge in [-0.1, -0.05) is 55.4 Å². The number of ether oxygens (including phenoxy) is 1. The Bertz CT molecular complexity index is 349. The van der Waals surface area contributed by atoms with E-state index in [1.807, 2.05) is 0 Å². The zero-order valence-electron chi connectivity index (χ0n) is 16.2. The summed E-state index contributed by atoms with van der Waals surface area (Å²) in [6.45, 7) is 17.8. The molecule has 0 aromatic carbocycles. The average molecular weight is 311 g/mol. The molecule has 0 aliphatic heterocycles. The van der Waals surface area contributed by atoms with Gasteiger partial charge in [-0.2, -0.15) is 0 Å². The minimum Gasteiger partial charge on any atom is -0.462 e. The molecule has 0 amide bonds. The van der Waals surface area contributed by atoms with Crippen molar-refractivity contribution in [2.75, 3.05) is 0 Å². The summed E-state index contributed by atoms with van der Waals surface area (Å²) in [6.07, 6.45) is 5.50. The van der Waals surface area contributed by atoms with Crippen LogP contribution in [0.1, 0.15) is 87.5 Å². The molecule has 130 valence electrons. The van der Waals surface area contributed by atoms with Crippen molar-refractivity contribution in [2.24, 2.45) is 28.6 Å². The lowest BCUT2D eigenvalue weighted by Crippen LogP contribution is -2.34. The van der Waals surface area contributed by atoms with Gasteiger partial charge in [0.05, 0.1) is 5.92 Å². The van der Waals surface area contributed by atoms with E-state index >= 15 is 0 Å². The molecule has 1 saturated carbocycles. The van der Waals surface area contributed by atoms with E-state index in [1.165, 1.54) is 12.8 Å². The van der Waals surface area contributed by atoms with E-state index < -0.39 is 0 Å². The molecule has 1 unspecified atom stereocenters. The van der Waals surface area contributed by atoms with E-state index in [2.05, 4.69) is 55.4 Å². The van der Waals surface area contributed by atoms with Crippen molar-refractivity contribution in [1.29, 1.82) is 0 Å². The van der Waals surface area contributed by atoms with E-state index in [0.29, 0.717) is 11.3 Å². The van der Waals surface area contributed by atoms with Crippen LogP contribution in [-0.4, -0.2) is 12.1 Å². The van der Waals surface area contributed by atoms with Crippen molar-refractivity contribution in [2.45, 2.75) is 93.6 Å². The maximum Gasteiger partial charge on any atom is 0.309 e. The molecule has 22 heavy (non-hydrogen) atoms. The minimum absolute atomic E-state index is 0.0281. The molecule has 1 fully saturated rings. The van der Waals surface area contributed by atoms with Gasteiger partial charge < -0.3 is 4.74 Å². The van der Waals surface area contributed by atoms with Crippen LogP contribution in [-0.2, 0) is 9.53 Å². The highest BCUT2D eigenvalue weighted by Gasteiger charge is 2.34. The Balaban J connectivity index is 2.54. The molecule has 2 nitrogen and oxygen atoms in total. The molecule has 1 aliphatic rings. The fourth-order valence-corrected chi connectivity index (χ4v) is 3.55. The van der Waals surface area contributed by atoms with Crippen molar-refractivity contribution in [3.63, 3.8) is 0 Å². The summed E-state index contributed by atoms with van der Waals surface area (Å²) in [5.74, 6) is 1.17. The normalized spacial score (nSPS) is 25.1. The van der Waals surface area contributed by atoms with E-state index in [-0.39, 0.29) is 23.4 Å². The Hall–Kier alpha value is -0.530. The van der Waals surface area contributed by atoms with E-state index in [9.17, 15) is 4.79 Å². The lowest BCUT2D eigenvalue weighted by molar-refractivity contribution is -0.159. The van der Waals surface area contributed by atoms with Crippen molar-refractivity contribution in [3.05, 3.63) is 0 Å². The molecule has 2 heteroatoms. The molecule has 0 heterocycles. The third kappa shape index (κ3) is 6.30. The van der Waals surface area contributed by atoms with Crippen LogP contribution in [0, 0.1) is 28.6 Å². The van der Waals surface area contributed by atoms with Gasteiger partial charge in [0.1, 0.15) is 6.10 Å². The first-order valence-corrected chi connectivity index (χ1v) is 9.10. The SMILES string of the molecule is CC(C)C(CC(C)(C)C)C(=O)OC1CCC(C(C)(C)C)CC1. The van der Waals surface area contributed by atoms with Crippen molar-refractivity contribution in [3.8, 4) is 0 Å². The Morgan fingerprint density at radius 2 is 1.50 bits per heavy atom. The maximum absolute atomic E-state index is 12.6. The maximum atomic E-state index is 12.6. The molecule has 1 rings (SSSR count). The molecule has 1 aliphatic carbocycles. The summed E-state index contributed by atoms with van der Waals surface area (Å²) in [5.41, 5.74) is 0.541. The summed E-state index contributed by atoms with van der Waals surface area (Å²) in [5, 5.41) is 0. The molecule has 0 aromatic rings. The minimum atomic E-state index is 0.0281. The number of carbonyl (C=O) groups excluding carboxylic acids is 1. The molecule has 0 aromatic heterocycles. The van der Waals surface area contributed by atoms with Gasteiger partial charge in [-0.15, -0.1) is 0 Å². The van der Waals surface area contributed by atoms with Crippen LogP contribution >= 0.6 is 0 Å². The number of rotatable bonds is 4. The van der Waals surface area contributed by atoms with Gasteiger partial charge in [0.25, 0.3) is 0 Å². The van der Waals surface area contributed by atoms with Gasteiger partial charge in [-0.05, 0) is 54.8 Å². The van der Waals surface area contributed by atoms with E-state index in [1.54, 1.807) is 0 Å². The van der Waals surface area contributed by atoms with E-state index in [4.69, 9.17) is 4.74 Å². The summed E-state index contributed by atoms with van der Waals surface area (Å²) in [6, 6.07) is 0. The predicted molar refractivity (Wildman–Crippen MR) is 93.7 cm³/mol. The lowest BCUT2D eigenvalue weighted by atomic mass is 9.72. The second-order valence-electron chi connectivity index (χ2n) is 9.89. The molecule has 0 saturated heterocycles. The topological polar surface area (TPSA) is 26.3 Å². The molecular formula is C20H38O2.